The molecule has 2 atom stereocenters. The van der Waals surface area contributed by atoms with Gasteiger partial charge in [-0.05, 0) is 104 Å². The largest absolute Gasteiger partial charge is 0.377 e. The first-order valence-electron chi connectivity index (χ1n) is 13.5. The number of hydrogen-bond donors (Lipinski definition) is 2. The van der Waals surface area contributed by atoms with E-state index in [0.717, 1.165) is 34.6 Å². The van der Waals surface area contributed by atoms with Gasteiger partial charge in [-0.25, -0.2) is 8.78 Å². The number of fused-ring (bicyclic) bond motifs is 1. The minimum absolute atomic E-state index is 0.226. The summed E-state index contributed by atoms with van der Waals surface area (Å²) in [6.07, 6.45) is 8.39. The molecule has 2 unspecified atom stereocenters. The highest BCUT2D eigenvalue weighted by atomic mass is 19.1. The predicted molar refractivity (Wildman–Crippen MR) is 149 cm³/mol. The lowest BCUT2D eigenvalue weighted by atomic mass is 9.76. The third-order valence-electron chi connectivity index (χ3n) is 8.06. The van der Waals surface area contributed by atoms with Gasteiger partial charge in [0.2, 0.25) is 6.41 Å². The Hall–Kier alpha value is -3.51. The Bertz CT molecular complexity index is 1260. The number of amides is 1. The topological polar surface area (TPSA) is 44.4 Å². The van der Waals surface area contributed by atoms with Crippen molar-refractivity contribution in [3.63, 3.8) is 0 Å². The highest BCUT2D eigenvalue weighted by Crippen LogP contribution is 2.49. The molecule has 2 heterocycles. The molecule has 2 aliphatic heterocycles. The minimum atomic E-state index is -0.335. The third-order valence-corrected chi connectivity index (χ3v) is 8.06. The van der Waals surface area contributed by atoms with Gasteiger partial charge in [0.25, 0.3) is 0 Å². The van der Waals surface area contributed by atoms with E-state index in [0.29, 0.717) is 12.1 Å². The van der Waals surface area contributed by atoms with E-state index >= 15 is 0 Å². The number of piperidine rings is 1. The molecule has 0 aromatic heterocycles. The Balaban J connectivity index is 1.41. The molecule has 198 valence electrons. The summed E-state index contributed by atoms with van der Waals surface area (Å²) < 4.78 is 28.0. The standard InChI is InChI=1S/C32H35F2N3O/c1-37-17-15-23(16-18-37)4-2-3-22-5-7-25(8-6-22)32-31(24-9-11-26(33)12-10-24)29(20-35-21-38)28-14-13-27(34)19-30(28)36-32/h5-14,19-21,23,31-32,36H,2-4,15-18H2,1H3,(H,35,38)/b29-20+. The smallest absolute Gasteiger partial charge is 0.211 e. The molecule has 1 saturated heterocycles. The molecule has 2 N–H and O–H groups in total. The molecule has 6 heteroatoms. The molecule has 0 aliphatic carbocycles. The first kappa shape index (κ1) is 26.1. The van der Waals surface area contributed by atoms with Crippen LogP contribution in [0.4, 0.5) is 14.5 Å². The molecule has 3 aromatic carbocycles. The van der Waals surface area contributed by atoms with Gasteiger partial charge in [-0.15, -0.1) is 0 Å². The van der Waals surface area contributed by atoms with Crippen LogP contribution in [0.2, 0.25) is 0 Å². The molecule has 2 aliphatic rings. The molecule has 1 amide bonds. The van der Waals surface area contributed by atoms with E-state index in [9.17, 15) is 13.6 Å². The summed E-state index contributed by atoms with van der Waals surface area (Å²) >= 11 is 0. The summed E-state index contributed by atoms with van der Waals surface area (Å²) in [5.74, 6) is -0.0362. The van der Waals surface area contributed by atoms with Crippen molar-refractivity contribution in [2.45, 2.75) is 44.1 Å². The van der Waals surface area contributed by atoms with E-state index in [-0.39, 0.29) is 23.6 Å². The van der Waals surface area contributed by atoms with Crippen LogP contribution in [0.1, 0.15) is 59.9 Å². The second kappa shape index (κ2) is 11.9. The van der Waals surface area contributed by atoms with Crippen molar-refractivity contribution in [3.05, 3.63) is 107 Å². The van der Waals surface area contributed by atoms with Crippen LogP contribution < -0.4 is 10.6 Å². The lowest BCUT2D eigenvalue weighted by Crippen LogP contribution is -2.30. The van der Waals surface area contributed by atoms with Gasteiger partial charge in [-0.2, -0.15) is 0 Å². The maximum atomic E-state index is 14.2. The number of nitrogens with zero attached hydrogens (tertiary/aromatic N) is 1. The number of nitrogens with one attached hydrogen (secondary N) is 2. The van der Waals surface area contributed by atoms with E-state index in [2.05, 4.69) is 46.8 Å². The normalized spacial score (nSPS) is 21.1. The summed E-state index contributed by atoms with van der Waals surface area (Å²) in [5, 5.41) is 6.22. The fraction of sp³-hybridized carbons (Fsp3) is 0.344. The number of carbonyl (C=O) groups is 1. The second-order valence-electron chi connectivity index (χ2n) is 10.6. The highest BCUT2D eigenvalue weighted by Gasteiger charge is 2.35. The number of rotatable bonds is 8. The third kappa shape index (κ3) is 5.97. The quantitative estimate of drug-likeness (QED) is 0.330. The fourth-order valence-electron chi connectivity index (χ4n) is 5.93. The summed E-state index contributed by atoms with van der Waals surface area (Å²) in [6, 6.07) is 19.5. The molecule has 4 nitrogen and oxygen atoms in total. The first-order chi connectivity index (χ1) is 18.5. The summed E-state index contributed by atoms with van der Waals surface area (Å²) in [5.41, 5.74) is 5.56. The molecule has 5 rings (SSSR count). The van der Waals surface area contributed by atoms with Gasteiger partial charge in [0.1, 0.15) is 11.6 Å². The molecule has 0 radical (unpaired) electrons. The van der Waals surface area contributed by atoms with Crippen LogP contribution in [0.25, 0.3) is 5.57 Å². The molecule has 38 heavy (non-hydrogen) atoms. The molecular weight excluding hydrogens is 480 g/mol. The van der Waals surface area contributed by atoms with Crippen LogP contribution in [-0.4, -0.2) is 31.4 Å². The maximum absolute atomic E-state index is 14.2. The molecule has 1 fully saturated rings. The van der Waals surface area contributed by atoms with Gasteiger partial charge in [0, 0.05) is 23.4 Å². The Morgan fingerprint density at radius 3 is 2.34 bits per heavy atom. The lowest BCUT2D eigenvalue weighted by molar-refractivity contribution is -0.108. The number of halogens is 2. The van der Waals surface area contributed by atoms with Crippen molar-refractivity contribution in [2.75, 3.05) is 25.5 Å². The van der Waals surface area contributed by atoms with E-state index in [4.69, 9.17) is 0 Å². The Labute approximate surface area is 223 Å². The van der Waals surface area contributed by atoms with E-state index in [1.54, 1.807) is 24.4 Å². The number of anilines is 1. The monoisotopic (exact) mass is 515 g/mol. The Kier molecular flexibility index (Phi) is 8.18. The Morgan fingerprint density at radius 1 is 0.947 bits per heavy atom. The number of aryl methyl sites for hydroxylation is 1. The van der Waals surface area contributed by atoms with Crippen LogP contribution in [-0.2, 0) is 11.2 Å². The average molecular weight is 516 g/mol. The van der Waals surface area contributed by atoms with Crippen molar-refractivity contribution in [3.8, 4) is 0 Å². The SMILES string of the molecule is CN1CCC(CCCc2ccc(C3Nc4cc(F)ccc4/C(=C\NC=O)C3c3ccc(F)cc3)cc2)CC1. The Morgan fingerprint density at radius 2 is 1.63 bits per heavy atom. The van der Waals surface area contributed by atoms with Gasteiger partial charge in [0.05, 0.1) is 6.04 Å². The zero-order chi connectivity index (χ0) is 26.5. The van der Waals surface area contributed by atoms with Crippen LogP contribution >= 0.6 is 0 Å². The fourth-order valence-corrected chi connectivity index (χ4v) is 5.93. The number of carbonyl (C=O) groups excluding carboxylic acids is 1. The van der Waals surface area contributed by atoms with E-state index in [1.165, 1.54) is 68.6 Å². The van der Waals surface area contributed by atoms with Gasteiger partial charge >= 0.3 is 0 Å². The molecule has 3 aromatic rings. The first-order valence-corrected chi connectivity index (χ1v) is 13.5. The number of hydrogen-bond acceptors (Lipinski definition) is 3. The van der Waals surface area contributed by atoms with Crippen LogP contribution in [0, 0.1) is 17.6 Å². The van der Waals surface area contributed by atoms with E-state index < -0.39 is 0 Å². The minimum Gasteiger partial charge on any atom is -0.377 e. The van der Waals surface area contributed by atoms with Gasteiger partial charge in [-0.1, -0.05) is 42.8 Å². The molecule has 0 bridgehead atoms. The van der Waals surface area contributed by atoms with Gasteiger partial charge in [-0.3, -0.25) is 4.79 Å². The van der Waals surface area contributed by atoms with Crippen molar-refractivity contribution in [1.29, 1.82) is 0 Å². The van der Waals surface area contributed by atoms with Crippen molar-refractivity contribution in [2.24, 2.45) is 5.92 Å². The van der Waals surface area contributed by atoms with Crippen molar-refractivity contribution < 1.29 is 13.6 Å². The molecule has 0 saturated carbocycles. The molecule has 0 spiro atoms. The van der Waals surface area contributed by atoms with Gasteiger partial charge < -0.3 is 15.5 Å². The zero-order valence-corrected chi connectivity index (χ0v) is 21.8. The van der Waals surface area contributed by atoms with Crippen molar-refractivity contribution in [1.82, 2.24) is 10.2 Å². The molecular formula is C32H35F2N3O. The lowest BCUT2D eigenvalue weighted by Gasteiger charge is -2.37. The second-order valence-corrected chi connectivity index (χ2v) is 10.6. The average Bonchev–Trinajstić information content (AvgIpc) is 2.93. The van der Waals surface area contributed by atoms with Crippen LogP contribution in [0.15, 0.2) is 72.9 Å². The predicted octanol–water partition coefficient (Wildman–Crippen LogP) is 6.67. The van der Waals surface area contributed by atoms with Gasteiger partial charge in [0.15, 0.2) is 0 Å². The number of likely N-dealkylation sites (tertiary alicyclic amines) is 1. The van der Waals surface area contributed by atoms with Crippen LogP contribution in [0.3, 0.4) is 0 Å². The van der Waals surface area contributed by atoms with Crippen LogP contribution in [0.5, 0.6) is 0 Å². The number of benzene rings is 3. The van der Waals surface area contributed by atoms with E-state index in [1.807, 2.05) is 0 Å². The summed E-state index contributed by atoms with van der Waals surface area (Å²) in [4.78, 5) is 13.6. The maximum Gasteiger partial charge on any atom is 0.211 e. The highest BCUT2D eigenvalue weighted by molar-refractivity contribution is 5.85. The summed E-state index contributed by atoms with van der Waals surface area (Å²) in [7, 11) is 2.20. The zero-order valence-electron chi connectivity index (χ0n) is 21.8. The summed E-state index contributed by atoms with van der Waals surface area (Å²) in [6.45, 7) is 2.41. The van der Waals surface area contributed by atoms with Crippen molar-refractivity contribution >= 4 is 17.7 Å².